The molecule has 0 amide bonds. The predicted octanol–water partition coefficient (Wildman–Crippen LogP) is 1.88. The predicted molar refractivity (Wildman–Crippen MR) is 69.4 cm³/mol. The first-order valence-corrected chi connectivity index (χ1v) is 7.31. The minimum atomic E-state index is -0.104. The van der Waals surface area contributed by atoms with Crippen LogP contribution in [0, 0.1) is 5.92 Å². The van der Waals surface area contributed by atoms with Crippen LogP contribution in [0.25, 0.3) is 0 Å². The summed E-state index contributed by atoms with van der Waals surface area (Å²) in [6, 6.07) is -0.104. The van der Waals surface area contributed by atoms with E-state index < -0.39 is 0 Å². The van der Waals surface area contributed by atoms with E-state index in [1.165, 1.54) is 12.8 Å². The molecule has 2 aliphatic heterocycles. The third-order valence-corrected chi connectivity index (χ3v) is 4.06. The van der Waals surface area contributed by atoms with Crippen molar-refractivity contribution in [3.05, 3.63) is 0 Å². The van der Waals surface area contributed by atoms with Gasteiger partial charge >= 0.3 is 5.97 Å². The molecule has 3 atom stereocenters. The number of carbonyl (C=O) groups is 1. The Hall–Kier alpha value is -0.610. The van der Waals surface area contributed by atoms with Gasteiger partial charge in [-0.2, -0.15) is 0 Å². The average Bonchev–Trinajstić information content (AvgIpc) is 2.46. The summed E-state index contributed by atoms with van der Waals surface area (Å²) < 4.78 is 10.9. The fourth-order valence-corrected chi connectivity index (χ4v) is 2.76. The molecular formula is C14H25NO3. The number of piperidine rings is 1. The Kier molecular flexibility index (Phi) is 5.45. The molecule has 2 saturated heterocycles. The third kappa shape index (κ3) is 3.95. The number of hydrogen-bond acceptors (Lipinski definition) is 4. The highest BCUT2D eigenvalue weighted by Gasteiger charge is 2.27. The van der Waals surface area contributed by atoms with Crippen LogP contribution in [0.15, 0.2) is 0 Å². The van der Waals surface area contributed by atoms with Gasteiger partial charge < -0.3 is 14.8 Å². The lowest BCUT2D eigenvalue weighted by atomic mass is 9.90. The molecule has 0 bridgehead atoms. The number of ether oxygens (including phenoxy) is 2. The normalized spacial score (nSPS) is 33.1. The Morgan fingerprint density at radius 2 is 2.28 bits per heavy atom. The molecule has 0 aromatic rings. The first kappa shape index (κ1) is 13.8. The van der Waals surface area contributed by atoms with Crippen LogP contribution in [0.2, 0.25) is 0 Å². The van der Waals surface area contributed by atoms with Crippen LogP contribution < -0.4 is 5.32 Å². The molecule has 3 unspecified atom stereocenters. The minimum absolute atomic E-state index is 0.0951. The smallest absolute Gasteiger partial charge is 0.323 e. The van der Waals surface area contributed by atoms with Gasteiger partial charge in [0.2, 0.25) is 0 Å². The van der Waals surface area contributed by atoms with Gasteiger partial charge in [-0.1, -0.05) is 13.3 Å². The molecule has 18 heavy (non-hydrogen) atoms. The lowest BCUT2D eigenvalue weighted by Crippen LogP contribution is -2.45. The Labute approximate surface area is 109 Å². The number of rotatable bonds is 4. The quantitative estimate of drug-likeness (QED) is 0.779. The molecule has 4 nitrogen and oxygen atoms in total. The molecule has 2 heterocycles. The van der Waals surface area contributed by atoms with Crippen molar-refractivity contribution in [2.75, 3.05) is 19.8 Å². The van der Waals surface area contributed by atoms with Gasteiger partial charge in [0.15, 0.2) is 0 Å². The van der Waals surface area contributed by atoms with Crippen LogP contribution in [0.5, 0.6) is 0 Å². The van der Waals surface area contributed by atoms with Crippen molar-refractivity contribution in [1.82, 2.24) is 5.32 Å². The van der Waals surface area contributed by atoms with Crippen LogP contribution in [0.4, 0.5) is 0 Å². The molecule has 2 aliphatic rings. The zero-order valence-corrected chi connectivity index (χ0v) is 11.3. The van der Waals surface area contributed by atoms with Gasteiger partial charge in [-0.3, -0.25) is 4.79 Å². The lowest BCUT2D eigenvalue weighted by molar-refractivity contribution is -0.152. The van der Waals surface area contributed by atoms with E-state index >= 15 is 0 Å². The van der Waals surface area contributed by atoms with E-state index in [9.17, 15) is 4.79 Å². The Bertz CT molecular complexity index is 264. The van der Waals surface area contributed by atoms with Gasteiger partial charge in [-0.15, -0.1) is 0 Å². The van der Waals surface area contributed by atoms with E-state index in [1.54, 1.807) is 0 Å². The van der Waals surface area contributed by atoms with Gasteiger partial charge in [-0.05, 0) is 44.6 Å². The maximum absolute atomic E-state index is 12.0. The van der Waals surface area contributed by atoms with Crippen molar-refractivity contribution in [3.63, 3.8) is 0 Å². The zero-order chi connectivity index (χ0) is 12.8. The van der Waals surface area contributed by atoms with E-state index in [0.29, 0.717) is 12.5 Å². The second-order valence-corrected chi connectivity index (χ2v) is 5.42. The van der Waals surface area contributed by atoms with Crippen LogP contribution in [-0.2, 0) is 14.3 Å². The molecule has 0 radical (unpaired) electrons. The summed E-state index contributed by atoms with van der Waals surface area (Å²) in [6.07, 6.45) is 6.69. The first-order valence-electron chi connectivity index (χ1n) is 7.31. The molecular weight excluding hydrogens is 230 g/mol. The third-order valence-electron chi connectivity index (χ3n) is 4.06. The first-order chi connectivity index (χ1) is 8.79. The maximum atomic E-state index is 12.0. The number of hydrogen-bond donors (Lipinski definition) is 1. The van der Waals surface area contributed by atoms with Crippen molar-refractivity contribution in [2.45, 2.75) is 57.6 Å². The standard InChI is InChI=1S/C14H25NO3/c1-2-11-6-7-15-13(9-11)14(16)18-10-12-5-3-4-8-17-12/h11-13,15H,2-10H2,1H3. The SMILES string of the molecule is CCC1CCNC(C(=O)OCC2CCCCO2)C1. The molecule has 0 aromatic heterocycles. The molecule has 0 spiro atoms. The van der Waals surface area contributed by atoms with Crippen molar-refractivity contribution >= 4 is 5.97 Å². The number of esters is 1. The van der Waals surface area contributed by atoms with Crippen LogP contribution >= 0.6 is 0 Å². The molecule has 2 rings (SSSR count). The highest BCUT2D eigenvalue weighted by molar-refractivity contribution is 5.75. The lowest BCUT2D eigenvalue weighted by Gasteiger charge is -2.29. The molecule has 0 aliphatic carbocycles. The van der Waals surface area contributed by atoms with Gasteiger partial charge in [0.1, 0.15) is 12.6 Å². The summed E-state index contributed by atoms with van der Waals surface area (Å²) in [5, 5.41) is 3.26. The van der Waals surface area contributed by atoms with Crippen molar-refractivity contribution in [3.8, 4) is 0 Å². The fraction of sp³-hybridized carbons (Fsp3) is 0.929. The topological polar surface area (TPSA) is 47.6 Å². The van der Waals surface area contributed by atoms with E-state index in [-0.39, 0.29) is 18.1 Å². The molecule has 104 valence electrons. The Morgan fingerprint density at radius 3 is 3.00 bits per heavy atom. The van der Waals surface area contributed by atoms with E-state index in [1.807, 2.05) is 0 Å². The van der Waals surface area contributed by atoms with Crippen molar-refractivity contribution in [1.29, 1.82) is 0 Å². The summed E-state index contributed by atoms with van der Waals surface area (Å²) in [6.45, 7) is 4.35. The molecule has 0 saturated carbocycles. The zero-order valence-electron chi connectivity index (χ0n) is 11.3. The molecule has 0 aromatic carbocycles. The molecule has 2 fully saturated rings. The van der Waals surface area contributed by atoms with Gasteiger partial charge in [0.25, 0.3) is 0 Å². The maximum Gasteiger partial charge on any atom is 0.323 e. The second-order valence-electron chi connectivity index (χ2n) is 5.42. The van der Waals surface area contributed by atoms with Crippen LogP contribution in [-0.4, -0.2) is 37.9 Å². The van der Waals surface area contributed by atoms with Crippen LogP contribution in [0.3, 0.4) is 0 Å². The number of carbonyl (C=O) groups excluding carboxylic acids is 1. The Morgan fingerprint density at radius 1 is 1.39 bits per heavy atom. The average molecular weight is 255 g/mol. The minimum Gasteiger partial charge on any atom is -0.462 e. The molecule has 1 N–H and O–H groups in total. The van der Waals surface area contributed by atoms with E-state index in [2.05, 4.69) is 12.2 Å². The van der Waals surface area contributed by atoms with Crippen LogP contribution in [0.1, 0.15) is 45.4 Å². The summed E-state index contributed by atoms with van der Waals surface area (Å²) >= 11 is 0. The number of nitrogens with one attached hydrogen (secondary N) is 1. The largest absolute Gasteiger partial charge is 0.462 e. The van der Waals surface area contributed by atoms with E-state index in [0.717, 1.165) is 38.8 Å². The highest BCUT2D eigenvalue weighted by atomic mass is 16.6. The monoisotopic (exact) mass is 255 g/mol. The fourth-order valence-electron chi connectivity index (χ4n) is 2.76. The summed E-state index contributed by atoms with van der Waals surface area (Å²) in [5.74, 6) is 0.567. The second kappa shape index (κ2) is 7.10. The summed E-state index contributed by atoms with van der Waals surface area (Å²) in [4.78, 5) is 12.0. The van der Waals surface area contributed by atoms with Gasteiger partial charge in [-0.25, -0.2) is 0 Å². The van der Waals surface area contributed by atoms with E-state index in [4.69, 9.17) is 9.47 Å². The summed E-state index contributed by atoms with van der Waals surface area (Å²) in [5.41, 5.74) is 0. The van der Waals surface area contributed by atoms with Gasteiger partial charge in [0.05, 0.1) is 6.10 Å². The summed E-state index contributed by atoms with van der Waals surface area (Å²) in [7, 11) is 0. The Balaban J connectivity index is 1.70. The van der Waals surface area contributed by atoms with Crippen molar-refractivity contribution < 1.29 is 14.3 Å². The highest BCUT2D eigenvalue weighted by Crippen LogP contribution is 2.20. The van der Waals surface area contributed by atoms with Crippen molar-refractivity contribution in [2.24, 2.45) is 5.92 Å². The van der Waals surface area contributed by atoms with Gasteiger partial charge in [0, 0.05) is 6.61 Å². The molecule has 4 heteroatoms.